The van der Waals surface area contributed by atoms with Gasteiger partial charge >= 0.3 is 6.03 Å². The van der Waals surface area contributed by atoms with E-state index < -0.39 is 0 Å². The molecule has 2 amide bonds. The standard InChI is InChI=1S/C12H16BrN3O/c1-9(2)16(12(17)15-6-3-7-15)11-5-4-10(13)8-14-11/h4-5,8-9H,3,6-7H2,1-2H3. The van der Waals surface area contributed by atoms with Crippen molar-refractivity contribution in [3.05, 3.63) is 22.8 Å². The summed E-state index contributed by atoms with van der Waals surface area (Å²) in [6.07, 6.45) is 2.82. The van der Waals surface area contributed by atoms with Gasteiger partial charge in [0.1, 0.15) is 5.82 Å². The highest BCUT2D eigenvalue weighted by Gasteiger charge is 2.28. The summed E-state index contributed by atoms with van der Waals surface area (Å²) in [5.41, 5.74) is 0. The summed E-state index contributed by atoms with van der Waals surface area (Å²) >= 11 is 3.35. The van der Waals surface area contributed by atoms with E-state index in [1.165, 1.54) is 0 Å². The summed E-state index contributed by atoms with van der Waals surface area (Å²) in [7, 11) is 0. The molecule has 2 rings (SSSR count). The van der Waals surface area contributed by atoms with Gasteiger partial charge in [-0.05, 0) is 48.3 Å². The Bertz CT molecular complexity index is 401. The summed E-state index contributed by atoms with van der Waals surface area (Å²) in [6, 6.07) is 3.93. The molecule has 1 saturated heterocycles. The van der Waals surface area contributed by atoms with Crippen LogP contribution >= 0.6 is 15.9 Å². The predicted octanol–water partition coefficient (Wildman–Crippen LogP) is 2.88. The quantitative estimate of drug-likeness (QED) is 0.841. The predicted molar refractivity (Wildman–Crippen MR) is 71.1 cm³/mol. The van der Waals surface area contributed by atoms with Crippen LogP contribution in [0.25, 0.3) is 0 Å². The van der Waals surface area contributed by atoms with E-state index >= 15 is 0 Å². The zero-order valence-corrected chi connectivity index (χ0v) is 11.6. The van der Waals surface area contributed by atoms with Crippen molar-refractivity contribution in [1.29, 1.82) is 0 Å². The van der Waals surface area contributed by atoms with Crippen LogP contribution in [0.3, 0.4) is 0 Å². The van der Waals surface area contributed by atoms with Crippen LogP contribution in [0.1, 0.15) is 20.3 Å². The van der Waals surface area contributed by atoms with Gasteiger partial charge in [0.05, 0.1) is 0 Å². The van der Waals surface area contributed by atoms with Gasteiger partial charge in [0.25, 0.3) is 0 Å². The number of amides is 2. The van der Waals surface area contributed by atoms with E-state index in [0.29, 0.717) is 5.82 Å². The fraction of sp³-hybridized carbons (Fsp3) is 0.500. The van der Waals surface area contributed by atoms with Crippen LogP contribution in [-0.4, -0.2) is 35.0 Å². The lowest BCUT2D eigenvalue weighted by molar-refractivity contribution is 0.172. The van der Waals surface area contributed by atoms with Gasteiger partial charge in [-0.15, -0.1) is 0 Å². The Morgan fingerprint density at radius 1 is 1.47 bits per heavy atom. The minimum Gasteiger partial charge on any atom is -0.324 e. The maximum absolute atomic E-state index is 12.3. The van der Waals surface area contributed by atoms with Gasteiger partial charge < -0.3 is 4.90 Å². The first-order valence-corrected chi connectivity index (χ1v) is 6.58. The number of likely N-dealkylation sites (tertiary alicyclic amines) is 1. The third kappa shape index (κ3) is 2.60. The van der Waals surface area contributed by atoms with E-state index in [-0.39, 0.29) is 12.1 Å². The largest absolute Gasteiger partial charge is 0.325 e. The first kappa shape index (κ1) is 12.4. The highest BCUT2D eigenvalue weighted by molar-refractivity contribution is 9.10. The Labute approximate surface area is 110 Å². The fourth-order valence-electron chi connectivity index (χ4n) is 1.75. The molecule has 4 nitrogen and oxygen atoms in total. The molecule has 1 fully saturated rings. The zero-order chi connectivity index (χ0) is 12.4. The second-order valence-electron chi connectivity index (χ2n) is 4.42. The molecule has 1 aliphatic rings. The molecule has 1 aromatic heterocycles. The van der Waals surface area contributed by atoms with Crippen molar-refractivity contribution in [3.63, 3.8) is 0 Å². The van der Waals surface area contributed by atoms with Crippen LogP contribution in [0, 0.1) is 0 Å². The molecular weight excluding hydrogens is 282 g/mol. The van der Waals surface area contributed by atoms with Crippen molar-refractivity contribution in [2.45, 2.75) is 26.3 Å². The number of urea groups is 1. The monoisotopic (exact) mass is 297 g/mol. The maximum Gasteiger partial charge on any atom is 0.325 e. The molecule has 0 saturated carbocycles. The summed E-state index contributed by atoms with van der Waals surface area (Å²) in [6.45, 7) is 5.72. The van der Waals surface area contributed by atoms with Gasteiger partial charge in [-0.1, -0.05) is 0 Å². The topological polar surface area (TPSA) is 36.4 Å². The van der Waals surface area contributed by atoms with E-state index in [0.717, 1.165) is 24.0 Å². The molecular formula is C12H16BrN3O. The first-order valence-electron chi connectivity index (χ1n) is 5.79. The van der Waals surface area contributed by atoms with Crippen molar-refractivity contribution in [2.75, 3.05) is 18.0 Å². The van der Waals surface area contributed by atoms with Crippen molar-refractivity contribution in [1.82, 2.24) is 9.88 Å². The highest BCUT2D eigenvalue weighted by Crippen LogP contribution is 2.20. The number of nitrogens with zero attached hydrogens (tertiary/aromatic N) is 3. The van der Waals surface area contributed by atoms with Crippen molar-refractivity contribution in [3.8, 4) is 0 Å². The molecule has 0 aliphatic carbocycles. The Kier molecular flexibility index (Phi) is 3.66. The minimum absolute atomic E-state index is 0.0565. The number of carbonyl (C=O) groups excluding carboxylic acids is 1. The average Bonchev–Trinajstić information content (AvgIpc) is 2.18. The molecule has 0 aromatic carbocycles. The Hall–Kier alpha value is -1.10. The SMILES string of the molecule is CC(C)N(C(=O)N1CCC1)c1ccc(Br)cn1. The molecule has 92 valence electrons. The van der Waals surface area contributed by atoms with Crippen molar-refractivity contribution in [2.24, 2.45) is 0 Å². The van der Waals surface area contributed by atoms with E-state index in [1.807, 2.05) is 30.9 Å². The summed E-state index contributed by atoms with van der Waals surface area (Å²) < 4.78 is 0.918. The van der Waals surface area contributed by atoms with Crippen LogP contribution in [0.2, 0.25) is 0 Å². The third-order valence-electron chi connectivity index (χ3n) is 2.81. The van der Waals surface area contributed by atoms with E-state index in [1.54, 1.807) is 11.1 Å². The number of anilines is 1. The lowest BCUT2D eigenvalue weighted by Crippen LogP contribution is -2.52. The Morgan fingerprint density at radius 3 is 2.59 bits per heavy atom. The number of carbonyl (C=O) groups is 1. The minimum atomic E-state index is 0.0565. The fourth-order valence-corrected chi connectivity index (χ4v) is 1.99. The molecule has 0 spiro atoms. The van der Waals surface area contributed by atoms with Gasteiger partial charge in [-0.25, -0.2) is 9.78 Å². The van der Waals surface area contributed by atoms with Crippen LogP contribution in [-0.2, 0) is 0 Å². The van der Waals surface area contributed by atoms with E-state index in [4.69, 9.17) is 0 Å². The molecule has 0 atom stereocenters. The summed E-state index contributed by atoms with van der Waals surface area (Å²) in [5, 5.41) is 0. The highest BCUT2D eigenvalue weighted by atomic mass is 79.9. The molecule has 0 radical (unpaired) electrons. The van der Waals surface area contributed by atoms with Gasteiger partial charge in [-0.2, -0.15) is 0 Å². The smallest absolute Gasteiger partial charge is 0.324 e. The van der Waals surface area contributed by atoms with Gasteiger partial charge in [-0.3, -0.25) is 4.90 Å². The molecule has 1 aromatic rings. The molecule has 0 unspecified atom stereocenters. The number of aromatic nitrogens is 1. The molecule has 17 heavy (non-hydrogen) atoms. The van der Waals surface area contributed by atoms with Gasteiger partial charge in [0.2, 0.25) is 0 Å². The average molecular weight is 298 g/mol. The van der Waals surface area contributed by atoms with Crippen LogP contribution in [0.5, 0.6) is 0 Å². The van der Waals surface area contributed by atoms with Crippen molar-refractivity contribution >= 4 is 27.8 Å². The molecule has 5 heteroatoms. The number of pyridine rings is 1. The lowest BCUT2D eigenvalue weighted by atomic mass is 10.2. The maximum atomic E-state index is 12.3. The molecule has 0 bridgehead atoms. The second-order valence-corrected chi connectivity index (χ2v) is 5.34. The number of hydrogen-bond donors (Lipinski definition) is 0. The third-order valence-corrected chi connectivity index (χ3v) is 3.28. The first-order chi connectivity index (χ1) is 8.09. The number of hydrogen-bond acceptors (Lipinski definition) is 2. The zero-order valence-electron chi connectivity index (χ0n) is 10.1. The van der Waals surface area contributed by atoms with Crippen molar-refractivity contribution < 1.29 is 4.79 Å². The summed E-state index contributed by atoms with van der Waals surface area (Å²) in [5.74, 6) is 0.708. The van der Waals surface area contributed by atoms with Gasteiger partial charge in [0, 0.05) is 29.8 Å². The second kappa shape index (κ2) is 5.04. The molecule has 1 aliphatic heterocycles. The van der Waals surface area contributed by atoms with E-state index in [9.17, 15) is 4.79 Å². The Morgan fingerprint density at radius 2 is 2.18 bits per heavy atom. The number of halogens is 1. The molecule has 2 heterocycles. The Balaban J connectivity index is 2.22. The number of rotatable bonds is 2. The van der Waals surface area contributed by atoms with Crippen LogP contribution < -0.4 is 4.90 Å². The van der Waals surface area contributed by atoms with Gasteiger partial charge in [0.15, 0.2) is 0 Å². The molecule has 0 N–H and O–H groups in total. The van der Waals surface area contributed by atoms with Crippen LogP contribution in [0.4, 0.5) is 10.6 Å². The summed E-state index contributed by atoms with van der Waals surface area (Å²) in [4.78, 5) is 20.1. The normalized spacial score (nSPS) is 14.7. The van der Waals surface area contributed by atoms with Crippen LogP contribution in [0.15, 0.2) is 22.8 Å². The lowest BCUT2D eigenvalue weighted by Gasteiger charge is -2.37. The van der Waals surface area contributed by atoms with E-state index in [2.05, 4.69) is 20.9 Å².